The van der Waals surface area contributed by atoms with Crippen LogP contribution >= 0.6 is 15.9 Å². The van der Waals surface area contributed by atoms with Gasteiger partial charge in [-0.1, -0.05) is 54.8 Å². The maximum atomic E-state index is 3.83. The van der Waals surface area contributed by atoms with E-state index in [9.17, 15) is 0 Å². The molecule has 106 valence electrons. The van der Waals surface area contributed by atoms with Crippen LogP contribution in [0.5, 0.6) is 0 Å². The Balaban J connectivity index is 1.99. The van der Waals surface area contributed by atoms with Gasteiger partial charge in [0, 0.05) is 17.1 Å². The minimum atomic E-state index is 0.488. The van der Waals surface area contributed by atoms with E-state index in [1.165, 1.54) is 48.7 Å². The maximum Gasteiger partial charge on any atom is 0.0318 e. The minimum Gasteiger partial charge on any atom is -0.309 e. The van der Waals surface area contributed by atoms with Crippen molar-refractivity contribution in [3.8, 4) is 0 Å². The van der Waals surface area contributed by atoms with E-state index >= 15 is 0 Å². The maximum absolute atomic E-state index is 3.83. The lowest BCUT2D eigenvalue weighted by Gasteiger charge is -2.30. The van der Waals surface area contributed by atoms with Crippen molar-refractivity contribution < 1.29 is 0 Å². The van der Waals surface area contributed by atoms with Gasteiger partial charge >= 0.3 is 0 Å². The Labute approximate surface area is 126 Å². The molecule has 0 aliphatic heterocycles. The number of rotatable bonds is 6. The molecule has 0 aromatic heterocycles. The second kappa shape index (κ2) is 6.90. The van der Waals surface area contributed by atoms with Crippen LogP contribution in [0.4, 0.5) is 0 Å². The van der Waals surface area contributed by atoms with Gasteiger partial charge in [0.1, 0.15) is 0 Å². The quantitative estimate of drug-likeness (QED) is 0.732. The summed E-state index contributed by atoms with van der Waals surface area (Å²) in [7, 11) is 0. The van der Waals surface area contributed by atoms with Crippen molar-refractivity contribution in [1.29, 1.82) is 0 Å². The van der Waals surface area contributed by atoms with Crippen LogP contribution in [0.2, 0.25) is 0 Å². The molecule has 0 amide bonds. The molecule has 1 unspecified atom stereocenters. The van der Waals surface area contributed by atoms with Gasteiger partial charge in [0.2, 0.25) is 0 Å². The van der Waals surface area contributed by atoms with Crippen LogP contribution in [-0.2, 0) is 0 Å². The minimum absolute atomic E-state index is 0.488. The fraction of sp³-hybridized carbons (Fsp3) is 0.647. The molecule has 19 heavy (non-hydrogen) atoms. The van der Waals surface area contributed by atoms with Crippen molar-refractivity contribution in [3.05, 3.63) is 34.3 Å². The Kier molecular flexibility index (Phi) is 5.47. The molecule has 0 heterocycles. The molecule has 1 N–H and O–H groups in total. The largest absolute Gasteiger partial charge is 0.309 e. The second-order valence-corrected chi connectivity index (χ2v) is 6.87. The highest BCUT2D eigenvalue weighted by molar-refractivity contribution is 9.10. The molecule has 1 fully saturated rings. The summed E-state index contributed by atoms with van der Waals surface area (Å²) in [6.45, 7) is 5.80. The first-order chi connectivity index (χ1) is 9.19. The van der Waals surface area contributed by atoms with Gasteiger partial charge in [-0.25, -0.2) is 0 Å². The summed E-state index contributed by atoms with van der Waals surface area (Å²) in [6.07, 6.45) is 8.12. The number of hydrogen-bond acceptors (Lipinski definition) is 1. The van der Waals surface area contributed by atoms with Gasteiger partial charge in [0.25, 0.3) is 0 Å². The van der Waals surface area contributed by atoms with Gasteiger partial charge in [0.05, 0.1) is 0 Å². The predicted octanol–water partition coefficient (Wildman–Crippen LogP) is 5.46. The van der Waals surface area contributed by atoms with Gasteiger partial charge in [-0.05, 0) is 48.8 Å². The molecule has 0 saturated heterocycles. The van der Waals surface area contributed by atoms with Gasteiger partial charge in [-0.15, -0.1) is 0 Å². The first-order valence-electron chi connectivity index (χ1n) is 7.68. The lowest BCUT2D eigenvalue weighted by molar-refractivity contribution is 0.254. The molecule has 1 aliphatic rings. The molecule has 1 aromatic carbocycles. The molecule has 0 bridgehead atoms. The number of halogens is 1. The second-order valence-electron chi connectivity index (χ2n) is 5.96. The summed E-state index contributed by atoms with van der Waals surface area (Å²) in [5.74, 6) is 0. The summed E-state index contributed by atoms with van der Waals surface area (Å²) < 4.78 is 1.18. The Hall–Kier alpha value is -0.340. The van der Waals surface area contributed by atoms with E-state index in [1.807, 2.05) is 0 Å². The van der Waals surface area contributed by atoms with E-state index in [0.29, 0.717) is 11.5 Å². The fourth-order valence-corrected chi connectivity index (χ4v) is 3.76. The van der Waals surface area contributed by atoms with Crippen molar-refractivity contribution in [2.45, 2.75) is 58.4 Å². The highest BCUT2D eigenvalue weighted by Crippen LogP contribution is 2.40. The lowest BCUT2D eigenvalue weighted by atomic mass is 9.83. The van der Waals surface area contributed by atoms with E-state index < -0.39 is 0 Å². The Bertz CT molecular complexity index is 396. The third kappa shape index (κ3) is 3.82. The zero-order valence-corrected chi connectivity index (χ0v) is 13.8. The zero-order valence-electron chi connectivity index (χ0n) is 12.2. The predicted molar refractivity (Wildman–Crippen MR) is 86.4 cm³/mol. The van der Waals surface area contributed by atoms with E-state index in [0.717, 1.165) is 6.42 Å². The Morgan fingerprint density at radius 3 is 2.58 bits per heavy atom. The zero-order chi connectivity index (χ0) is 13.7. The molecular formula is C17H26BrN. The normalized spacial score (nSPS) is 19.5. The van der Waals surface area contributed by atoms with E-state index in [-0.39, 0.29) is 0 Å². The van der Waals surface area contributed by atoms with Crippen LogP contribution < -0.4 is 5.32 Å². The molecule has 0 radical (unpaired) electrons. The third-order valence-corrected chi connectivity index (χ3v) is 5.29. The summed E-state index contributed by atoms with van der Waals surface area (Å²) in [4.78, 5) is 0. The van der Waals surface area contributed by atoms with E-state index in [4.69, 9.17) is 0 Å². The molecule has 2 heteroatoms. The van der Waals surface area contributed by atoms with Crippen molar-refractivity contribution >= 4 is 15.9 Å². The summed E-state index contributed by atoms with van der Waals surface area (Å²) in [5, 5.41) is 3.83. The molecule has 1 atom stereocenters. The van der Waals surface area contributed by atoms with Gasteiger partial charge in [0.15, 0.2) is 0 Å². The number of hydrogen-bond donors (Lipinski definition) is 1. The van der Waals surface area contributed by atoms with Crippen LogP contribution in [0.15, 0.2) is 28.7 Å². The number of nitrogens with one attached hydrogen (secondary N) is 1. The van der Waals surface area contributed by atoms with Crippen molar-refractivity contribution in [2.24, 2.45) is 5.41 Å². The lowest BCUT2D eigenvalue weighted by Crippen LogP contribution is -2.34. The molecule has 1 nitrogen and oxygen atoms in total. The molecule has 1 saturated carbocycles. The topological polar surface area (TPSA) is 12.0 Å². The van der Waals surface area contributed by atoms with Crippen LogP contribution in [0.25, 0.3) is 0 Å². The smallest absolute Gasteiger partial charge is 0.0318 e. The molecule has 1 aromatic rings. The van der Waals surface area contributed by atoms with Crippen molar-refractivity contribution in [3.63, 3.8) is 0 Å². The Morgan fingerprint density at radius 1 is 1.26 bits per heavy atom. The third-order valence-electron chi connectivity index (χ3n) is 4.80. The molecule has 2 rings (SSSR count). The Morgan fingerprint density at radius 2 is 2.00 bits per heavy atom. The monoisotopic (exact) mass is 323 g/mol. The number of benzene rings is 1. The van der Waals surface area contributed by atoms with Crippen molar-refractivity contribution in [2.75, 3.05) is 6.54 Å². The fourth-order valence-electron chi connectivity index (χ4n) is 3.34. The average molecular weight is 324 g/mol. The summed E-state index contributed by atoms with van der Waals surface area (Å²) in [6, 6.07) is 9.20. The highest BCUT2D eigenvalue weighted by atomic mass is 79.9. The SMILES string of the molecule is CCC(NCC1(CC)CCCC1)c1cccc(Br)c1. The standard InChI is InChI=1S/C17H26BrN/c1-3-16(14-8-7-9-15(18)12-14)19-13-17(4-2)10-5-6-11-17/h7-9,12,16,19H,3-6,10-11,13H2,1-2H3. The van der Waals surface area contributed by atoms with E-state index in [2.05, 4.69) is 59.4 Å². The van der Waals surface area contributed by atoms with Crippen LogP contribution in [-0.4, -0.2) is 6.54 Å². The van der Waals surface area contributed by atoms with Crippen molar-refractivity contribution in [1.82, 2.24) is 5.32 Å². The van der Waals surface area contributed by atoms with Gasteiger partial charge < -0.3 is 5.32 Å². The van der Waals surface area contributed by atoms with Gasteiger partial charge in [-0.3, -0.25) is 0 Å². The molecular weight excluding hydrogens is 298 g/mol. The van der Waals surface area contributed by atoms with Gasteiger partial charge in [-0.2, -0.15) is 0 Å². The van der Waals surface area contributed by atoms with E-state index in [1.54, 1.807) is 0 Å². The van der Waals surface area contributed by atoms with Crippen LogP contribution in [0.3, 0.4) is 0 Å². The summed E-state index contributed by atoms with van der Waals surface area (Å²) >= 11 is 3.57. The highest BCUT2D eigenvalue weighted by Gasteiger charge is 2.32. The summed E-state index contributed by atoms with van der Waals surface area (Å²) in [5.41, 5.74) is 1.97. The van der Waals surface area contributed by atoms with Crippen LogP contribution in [0.1, 0.15) is 64.0 Å². The molecule has 1 aliphatic carbocycles. The van der Waals surface area contributed by atoms with Crippen LogP contribution in [0, 0.1) is 5.41 Å². The first kappa shape index (κ1) is 15.1. The first-order valence-corrected chi connectivity index (χ1v) is 8.47. The average Bonchev–Trinajstić information content (AvgIpc) is 2.89. The molecule has 0 spiro atoms.